The van der Waals surface area contributed by atoms with Gasteiger partial charge in [0.15, 0.2) is 0 Å². The number of likely N-dealkylation sites (tertiary alicyclic amines) is 1. The number of halogens is 1. The van der Waals surface area contributed by atoms with E-state index in [1.54, 1.807) is 0 Å². The standard InChI is InChI=1S/C13H19BrN2/c1-16-6-4-11(5-7-16)12-3-2-10(9-15)8-13(12)14/h2-3,8,11H,4-7,9,15H2,1H3. The predicted octanol–water partition coefficient (Wildman–Crippen LogP) is 2.72. The fraction of sp³-hybridized carbons (Fsp3) is 0.538. The van der Waals surface area contributed by atoms with Crippen LogP contribution in [0, 0.1) is 0 Å². The Labute approximate surface area is 106 Å². The molecule has 16 heavy (non-hydrogen) atoms. The van der Waals surface area contributed by atoms with Crippen molar-refractivity contribution in [3.63, 3.8) is 0 Å². The van der Waals surface area contributed by atoms with E-state index in [9.17, 15) is 0 Å². The zero-order valence-electron chi connectivity index (χ0n) is 9.75. The lowest BCUT2D eigenvalue weighted by molar-refractivity contribution is 0.255. The largest absolute Gasteiger partial charge is 0.326 e. The molecule has 0 aromatic heterocycles. The first kappa shape index (κ1) is 12.1. The number of rotatable bonds is 2. The third-order valence-electron chi connectivity index (χ3n) is 3.46. The smallest absolute Gasteiger partial charge is 0.0213 e. The number of nitrogens with zero attached hydrogens (tertiary/aromatic N) is 1. The number of piperidine rings is 1. The molecule has 0 atom stereocenters. The van der Waals surface area contributed by atoms with Crippen LogP contribution in [-0.4, -0.2) is 25.0 Å². The average molecular weight is 283 g/mol. The van der Waals surface area contributed by atoms with E-state index in [4.69, 9.17) is 5.73 Å². The second kappa shape index (κ2) is 5.30. The first-order valence-corrected chi connectivity index (χ1v) is 6.67. The van der Waals surface area contributed by atoms with Crippen molar-refractivity contribution in [1.29, 1.82) is 0 Å². The molecule has 1 saturated heterocycles. The van der Waals surface area contributed by atoms with Crippen LogP contribution in [0.2, 0.25) is 0 Å². The average Bonchev–Trinajstić information content (AvgIpc) is 2.30. The van der Waals surface area contributed by atoms with Crippen LogP contribution in [0.4, 0.5) is 0 Å². The van der Waals surface area contributed by atoms with Crippen molar-refractivity contribution in [1.82, 2.24) is 4.90 Å². The third kappa shape index (κ3) is 2.65. The van der Waals surface area contributed by atoms with Gasteiger partial charge in [-0.05, 0) is 56.1 Å². The second-order valence-electron chi connectivity index (χ2n) is 4.64. The van der Waals surface area contributed by atoms with E-state index in [1.807, 2.05) is 0 Å². The van der Waals surface area contributed by atoms with Crippen molar-refractivity contribution in [2.75, 3.05) is 20.1 Å². The molecule has 1 aliphatic rings. The molecule has 0 spiro atoms. The Balaban J connectivity index is 2.14. The van der Waals surface area contributed by atoms with Crippen molar-refractivity contribution in [3.8, 4) is 0 Å². The molecule has 88 valence electrons. The van der Waals surface area contributed by atoms with E-state index < -0.39 is 0 Å². The highest BCUT2D eigenvalue weighted by molar-refractivity contribution is 9.10. The Hall–Kier alpha value is -0.380. The van der Waals surface area contributed by atoms with Gasteiger partial charge in [-0.1, -0.05) is 28.1 Å². The van der Waals surface area contributed by atoms with Gasteiger partial charge in [0.05, 0.1) is 0 Å². The van der Waals surface area contributed by atoms with Crippen LogP contribution in [0.5, 0.6) is 0 Å². The summed E-state index contributed by atoms with van der Waals surface area (Å²) in [5.41, 5.74) is 8.29. The molecule has 0 unspecified atom stereocenters. The normalized spacial score (nSPS) is 18.9. The molecule has 2 N–H and O–H groups in total. The van der Waals surface area contributed by atoms with Crippen LogP contribution < -0.4 is 5.73 Å². The lowest BCUT2D eigenvalue weighted by Crippen LogP contribution is -2.29. The summed E-state index contributed by atoms with van der Waals surface area (Å²) < 4.78 is 1.23. The van der Waals surface area contributed by atoms with Crippen molar-refractivity contribution in [3.05, 3.63) is 33.8 Å². The van der Waals surface area contributed by atoms with Gasteiger partial charge < -0.3 is 10.6 Å². The highest BCUT2D eigenvalue weighted by atomic mass is 79.9. The Morgan fingerprint density at radius 3 is 2.62 bits per heavy atom. The molecule has 0 aliphatic carbocycles. The molecule has 2 rings (SSSR count). The summed E-state index contributed by atoms with van der Waals surface area (Å²) in [6.07, 6.45) is 2.52. The summed E-state index contributed by atoms with van der Waals surface area (Å²) in [6, 6.07) is 6.55. The lowest BCUT2D eigenvalue weighted by Gasteiger charge is -2.29. The van der Waals surface area contributed by atoms with Gasteiger partial charge in [0, 0.05) is 11.0 Å². The van der Waals surface area contributed by atoms with E-state index in [0.717, 1.165) is 0 Å². The minimum Gasteiger partial charge on any atom is -0.326 e. The summed E-state index contributed by atoms with van der Waals surface area (Å²) >= 11 is 3.67. The maximum Gasteiger partial charge on any atom is 0.0213 e. The predicted molar refractivity (Wildman–Crippen MR) is 71.5 cm³/mol. The first-order valence-electron chi connectivity index (χ1n) is 5.87. The maximum atomic E-state index is 5.64. The highest BCUT2D eigenvalue weighted by Gasteiger charge is 2.20. The van der Waals surface area contributed by atoms with Gasteiger partial charge in [0.2, 0.25) is 0 Å². The van der Waals surface area contributed by atoms with Gasteiger partial charge in [0.25, 0.3) is 0 Å². The molecule has 0 bridgehead atoms. The molecule has 3 heteroatoms. The molecule has 1 aromatic carbocycles. The van der Waals surface area contributed by atoms with Gasteiger partial charge in [-0.3, -0.25) is 0 Å². The minimum atomic E-state index is 0.617. The van der Waals surface area contributed by atoms with Gasteiger partial charge in [-0.2, -0.15) is 0 Å². The molecule has 0 amide bonds. The molecule has 1 heterocycles. The lowest BCUT2D eigenvalue weighted by atomic mass is 9.89. The Morgan fingerprint density at radius 2 is 2.06 bits per heavy atom. The van der Waals surface area contributed by atoms with Crippen LogP contribution in [0.1, 0.15) is 29.9 Å². The second-order valence-corrected chi connectivity index (χ2v) is 5.49. The van der Waals surface area contributed by atoms with Crippen LogP contribution in [0.15, 0.2) is 22.7 Å². The number of nitrogens with two attached hydrogens (primary N) is 1. The number of benzene rings is 1. The van der Waals surface area contributed by atoms with Crippen LogP contribution >= 0.6 is 15.9 Å². The SMILES string of the molecule is CN1CCC(c2ccc(CN)cc2Br)CC1. The topological polar surface area (TPSA) is 29.3 Å². The summed E-state index contributed by atoms with van der Waals surface area (Å²) in [6.45, 7) is 3.03. The van der Waals surface area contributed by atoms with Crippen molar-refractivity contribution in [2.24, 2.45) is 5.73 Å². The molecule has 1 aromatic rings. The zero-order chi connectivity index (χ0) is 11.5. The summed E-state index contributed by atoms with van der Waals surface area (Å²) in [7, 11) is 2.20. The van der Waals surface area contributed by atoms with Crippen molar-refractivity contribution < 1.29 is 0 Å². The van der Waals surface area contributed by atoms with Gasteiger partial charge >= 0.3 is 0 Å². The van der Waals surface area contributed by atoms with Gasteiger partial charge in [-0.25, -0.2) is 0 Å². The maximum absolute atomic E-state index is 5.64. The highest BCUT2D eigenvalue weighted by Crippen LogP contribution is 2.33. The van der Waals surface area contributed by atoms with Crippen molar-refractivity contribution >= 4 is 15.9 Å². The van der Waals surface area contributed by atoms with Gasteiger partial charge in [0.1, 0.15) is 0 Å². The van der Waals surface area contributed by atoms with E-state index in [-0.39, 0.29) is 0 Å². The number of hydrogen-bond donors (Lipinski definition) is 1. The molecular formula is C13H19BrN2. The van der Waals surface area contributed by atoms with E-state index in [1.165, 1.54) is 41.5 Å². The fourth-order valence-electron chi connectivity index (χ4n) is 2.35. The molecule has 0 saturated carbocycles. The molecule has 2 nitrogen and oxygen atoms in total. The number of hydrogen-bond acceptors (Lipinski definition) is 2. The van der Waals surface area contributed by atoms with Crippen LogP contribution in [-0.2, 0) is 6.54 Å². The summed E-state index contributed by atoms with van der Waals surface area (Å²) in [5.74, 6) is 0.706. The van der Waals surface area contributed by atoms with E-state index in [0.29, 0.717) is 12.5 Å². The Morgan fingerprint density at radius 1 is 1.38 bits per heavy atom. The van der Waals surface area contributed by atoms with Gasteiger partial charge in [-0.15, -0.1) is 0 Å². The molecular weight excluding hydrogens is 264 g/mol. The quantitative estimate of drug-likeness (QED) is 0.904. The van der Waals surface area contributed by atoms with E-state index >= 15 is 0 Å². The molecule has 0 radical (unpaired) electrons. The first-order chi connectivity index (χ1) is 7.70. The summed E-state index contributed by atoms with van der Waals surface area (Å²) in [5, 5.41) is 0. The molecule has 1 aliphatic heterocycles. The third-order valence-corrected chi connectivity index (χ3v) is 4.15. The Kier molecular flexibility index (Phi) is 4.00. The fourth-order valence-corrected chi connectivity index (χ4v) is 3.10. The van der Waals surface area contributed by atoms with Crippen LogP contribution in [0.3, 0.4) is 0 Å². The van der Waals surface area contributed by atoms with Crippen LogP contribution in [0.25, 0.3) is 0 Å². The summed E-state index contributed by atoms with van der Waals surface area (Å²) in [4.78, 5) is 2.40. The monoisotopic (exact) mass is 282 g/mol. The van der Waals surface area contributed by atoms with Crippen molar-refractivity contribution in [2.45, 2.75) is 25.3 Å². The Bertz CT molecular complexity index is 357. The minimum absolute atomic E-state index is 0.617. The van der Waals surface area contributed by atoms with E-state index in [2.05, 4.69) is 46.1 Å². The molecule has 1 fully saturated rings. The zero-order valence-corrected chi connectivity index (χ0v) is 11.3.